The van der Waals surface area contributed by atoms with Gasteiger partial charge in [-0.05, 0) is 19.3 Å². The van der Waals surface area contributed by atoms with Gasteiger partial charge in [0.2, 0.25) is 0 Å². The Morgan fingerprint density at radius 2 is 2.26 bits per heavy atom. The van der Waals surface area contributed by atoms with E-state index in [9.17, 15) is 9.59 Å². The van der Waals surface area contributed by atoms with Crippen molar-refractivity contribution in [2.24, 2.45) is 13.0 Å². The maximum Gasteiger partial charge on any atom is 0.308 e. The second-order valence-corrected chi connectivity index (χ2v) is 4.95. The summed E-state index contributed by atoms with van der Waals surface area (Å²) >= 11 is 0. The molecule has 0 aliphatic carbocycles. The van der Waals surface area contributed by atoms with E-state index >= 15 is 0 Å². The molecule has 1 N–H and O–H groups in total. The number of hydrogen-bond donors (Lipinski definition) is 1. The zero-order chi connectivity index (χ0) is 14.0. The van der Waals surface area contributed by atoms with Gasteiger partial charge in [0.05, 0.1) is 17.2 Å². The third-order valence-corrected chi connectivity index (χ3v) is 3.53. The molecule has 104 valence electrons. The van der Waals surface area contributed by atoms with Crippen molar-refractivity contribution in [3.63, 3.8) is 0 Å². The number of hydrogen-bond acceptors (Lipinski definition) is 3. The summed E-state index contributed by atoms with van der Waals surface area (Å²) in [4.78, 5) is 25.1. The Hall–Kier alpha value is -1.85. The molecule has 1 aliphatic heterocycles. The number of carboxylic acids is 1. The van der Waals surface area contributed by atoms with Crippen LogP contribution >= 0.6 is 0 Å². The molecule has 0 spiro atoms. The summed E-state index contributed by atoms with van der Waals surface area (Å²) in [7, 11) is 1.78. The van der Waals surface area contributed by atoms with E-state index in [-0.39, 0.29) is 5.91 Å². The third-order valence-electron chi connectivity index (χ3n) is 3.53. The number of carboxylic acid groups (broad SMARTS) is 1. The topological polar surface area (TPSA) is 75.4 Å². The van der Waals surface area contributed by atoms with Gasteiger partial charge < -0.3 is 10.0 Å². The second kappa shape index (κ2) is 5.42. The summed E-state index contributed by atoms with van der Waals surface area (Å²) in [6, 6.07) is 0. The van der Waals surface area contributed by atoms with Crippen LogP contribution in [-0.4, -0.2) is 44.8 Å². The number of rotatable bonds is 3. The van der Waals surface area contributed by atoms with Gasteiger partial charge in [0, 0.05) is 26.3 Å². The summed E-state index contributed by atoms with van der Waals surface area (Å²) in [6.45, 7) is 2.88. The number of aliphatic carboxylic acids is 1. The lowest BCUT2D eigenvalue weighted by Gasteiger charge is -2.30. The van der Waals surface area contributed by atoms with E-state index in [4.69, 9.17) is 5.11 Å². The first kappa shape index (κ1) is 13.6. The largest absolute Gasteiger partial charge is 0.481 e. The van der Waals surface area contributed by atoms with Gasteiger partial charge in [-0.2, -0.15) is 5.10 Å². The summed E-state index contributed by atoms with van der Waals surface area (Å²) < 4.78 is 1.63. The molecule has 1 amide bonds. The zero-order valence-corrected chi connectivity index (χ0v) is 11.3. The SMILES string of the molecule is CCc1nn(C)cc1C(=O)N1CCCC(C(=O)O)C1. The Labute approximate surface area is 112 Å². The average molecular weight is 265 g/mol. The van der Waals surface area contributed by atoms with Crippen molar-refractivity contribution in [1.29, 1.82) is 0 Å². The Morgan fingerprint density at radius 3 is 2.89 bits per heavy atom. The summed E-state index contributed by atoms with van der Waals surface area (Å²) in [5, 5.41) is 13.3. The van der Waals surface area contributed by atoms with E-state index in [1.165, 1.54) is 0 Å². The van der Waals surface area contributed by atoms with E-state index in [1.54, 1.807) is 22.8 Å². The molecular formula is C13H19N3O3. The molecule has 6 nitrogen and oxygen atoms in total. The summed E-state index contributed by atoms with van der Waals surface area (Å²) in [5.74, 6) is -1.37. The van der Waals surface area contributed by atoms with Gasteiger partial charge in [0.25, 0.3) is 5.91 Å². The minimum atomic E-state index is -0.820. The first-order valence-electron chi connectivity index (χ1n) is 6.57. The quantitative estimate of drug-likeness (QED) is 0.881. The molecule has 1 unspecified atom stereocenters. The van der Waals surface area contributed by atoms with Gasteiger partial charge in [0.1, 0.15) is 0 Å². The first-order chi connectivity index (χ1) is 9.02. The lowest BCUT2D eigenvalue weighted by Crippen LogP contribution is -2.42. The van der Waals surface area contributed by atoms with E-state index in [1.807, 2.05) is 6.92 Å². The Balaban J connectivity index is 2.16. The molecule has 1 saturated heterocycles. The molecule has 0 saturated carbocycles. The van der Waals surface area contributed by atoms with E-state index in [0.29, 0.717) is 31.5 Å². The molecule has 2 heterocycles. The molecule has 2 rings (SSSR count). The fourth-order valence-electron chi connectivity index (χ4n) is 2.51. The van der Waals surface area contributed by atoms with Crippen LogP contribution < -0.4 is 0 Å². The van der Waals surface area contributed by atoms with Crippen LogP contribution in [0.3, 0.4) is 0 Å². The highest BCUT2D eigenvalue weighted by Gasteiger charge is 2.30. The van der Waals surface area contributed by atoms with Crippen LogP contribution in [0, 0.1) is 5.92 Å². The van der Waals surface area contributed by atoms with Crippen molar-refractivity contribution in [2.45, 2.75) is 26.2 Å². The predicted octanol–water partition coefficient (Wildman–Crippen LogP) is 0.919. The highest BCUT2D eigenvalue weighted by molar-refractivity contribution is 5.95. The normalized spacial score (nSPS) is 19.5. The Morgan fingerprint density at radius 1 is 1.53 bits per heavy atom. The van der Waals surface area contributed by atoms with Crippen LogP contribution in [0.2, 0.25) is 0 Å². The van der Waals surface area contributed by atoms with Gasteiger partial charge in [-0.3, -0.25) is 14.3 Å². The van der Waals surface area contributed by atoms with Gasteiger partial charge >= 0.3 is 5.97 Å². The number of aromatic nitrogens is 2. The molecule has 1 aromatic rings. The van der Waals surface area contributed by atoms with Gasteiger partial charge in [-0.15, -0.1) is 0 Å². The number of piperidine rings is 1. The lowest BCUT2D eigenvalue weighted by molar-refractivity contribution is -0.143. The minimum Gasteiger partial charge on any atom is -0.481 e. The first-order valence-corrected chi connectivity index (χ1v) is 6.57. The van der Waals surface area contributed by atoms with Crippen LogP contribution in [0.4, 0.5) is 0 Å². The number of likely N-dealkylation sites (tertiary alicyclic amines) is 1. The fourth-order valence-corrected chi connectivity index (χ4v) is 2.51. The molecule has 19 heavy (non-hydrogen) atoms. The number of nitrogens with zero attached hydrogens (tertiary/aromatic N) is 3. The molecule has 0 bridgehead atoms. The standard InChI is InChI=1S/C13H19N3O3/c1-3-11-10(8-15(2)14-11)12(17)16-6-4-5-9(7-16)13(18)19/h8-9H,3-7H2,1-2H3,(H,18,19). The van der Waals surface area contributed by atoms with Crippen molar-refractivity contribution < 1.29 is 14.7 Å². The van der Waals surface area contributed by atoms with Gasteiger partial charge in [0.15, 0.2) is 0 Å². The molecule has 1 aromatic heterocycles. The number of aryl methyl sites for hydroxylation is 2. The molecular weight excluding hydrogens is 246 g/mol. The Bertz CT molecular complexity index is 495. The third kappa shape index (κ3) is 2.77. The van der Waals surface area contributed by atoms with E-state index < -0.39 is 11.9 Å². The number of carbonyl (C=O) groups is 2. The van der Waals surface area contributed by atoms with Crippen LogP contribution in [0.5, 0.6) is 0 Å². The molecule has 6 heteroatoms. The second-order valence-electron chi connectivity index (χ2n) is 4.95. The summed E-state index contributed by atoms with van der Waals surface area (Å²) in [5.41, 5.74) is 1.36. The number of amides is 1. The predicted molar refractivity (Wildman–Crippen MR) is 68.8 cm³/mol. The van der Waals surface area contributed by atoms with Crippen molar-refractivity contribution in [3.05, 3.63) is 17.5 Å². The van der Waals surface area contributed by atoms with Crippen LogP contribution in [-0.2, 0) is 18.3 Å². The highest BCUT2D eigenvalue weighted by Crippen LogP contribution is 2.20. The smallest absolute Gasteiger partial charge is 0.308 e. The number of carbonyl (C=O) groups excluding carboxylic acids is 1. The van der Waals surface area contributed by atoms with Gasteiger partial charge in [-0.25, -0.2) is 0 Å². The Kier molecular flexibility index (Phi) is 3.87. The van der Waals surface area contributed by atoms with Crippen LogP contribution in [0.1, 0.15) is 35.8 Å². The molecule has 0 aromatic carbocycles. The molecule has 1 atom stereocenters. The van der Waals surface area contributed by atoms with Gasteiger partial charge in [-0.1, -0.05) is 6.92 Å². The average Bonchev–Trinajstić information content (AvgIpc) is 2.79. The summed E-state index contributed by atoms with van der Waals surface area (Å²) in [6.07, 6.45) is 3.79. The van der Waals surface area contributed by atoms with Crippen LogP contribution in [0.15, 0.2) is 6.20 Å². The fraction of sp³-hybridized carbons (Fsp3) is 0.615. The molecule has 1 fully saturated rings. The lowest BCUT2D eigenvalue weighted by atomic mass is 9.97. The monoisotopic (exact) mass is 265 g/mol. The van der Waals surface area contributed by atoms with Crippen LogP contribution in [0.25, 0.3) is 0 Å². The van der Waals surface area contributed by atoms with Crippen molar-refractivity contribution in [2.75, 3.05) is 13.1 Å². The molecule has 0 radical (unpaired) electrons. The van der Waals surface area contributed by atoms with E-state index in [2.05, 4.69) is 5.10 Å². The van der Waals surface area contributed by atoms with Crippen molar-refractivity contribution in [1.82, 2.24) is 14.7 Å². The zero-order valence-electron chi connectivity index (χ0n) is 11.3. The van der Waals surface area contributed by atoms with Crippen molar-refractivity contribution >= 4 is 11.9 Å². The maximum absolute atomic E-state index is 12.4. The highest BCUT2D eigenvalue weighted by atomic mass is 16.4. The maximum atomic E-state index is 12.4. The molecule has 1 aliphatic rings. The van der Waals surface area contributed by atoms with E-state index in [0.717, 1.165) is 12.1 Å². The van der Waals surface area contributed by atoms with Crippen molar-refractivity contribution in [3.8, 4) is 0 Å². The minimum absolute atomic E-state index is 0.101.